The Morgan fingerprint density at radius 3 is 2.21 bits per heavy atom. The summed E-state index contributed by atoms with van der Waals surface area (Å²) >= 11 is 5.32. The molecule has 1 N–H and O–H groups in total. The minimum atomic E-state index is -3.86. The van der Waals surface area contributed by atoms with Gasteiger partial charge < -0.3 is 0 Å². The van der Waals surface area contributed by atoms with Crippen LogP contribution in [-0.4, -0.2) is 23.6 Å². The molecule has 2 rings (SSSR count). The molecule has 0 radical (unpaired) electrons. The van der Waals surface area contributed by atoms with Crippen LogP contribution in [0, 0.1) is 5.92 Å². The molecule has 8 heteroatoms. The highest BCUT2D eigenvalue weighted by Crippen LogP contribution is 2.15. The minimum Gasteiger partial charge on any atom is -0.281 e. The fourth-order valence-corrected chi connectivity index (χ4v) is 3.19. The van der Waals surface area contributed by atoms with Crippen LogP contribution in [0.2, 0.25) is 0 Å². The highest BCUT2D eigenvalue weighted by atomic mass is 35.5. The van der Waals surface area contributed by atoms with Crippen LogP contribution >= 0.6 is 11.6 Å². The summed E-state index contributed by atoms with van der Waals surface area (Å²) in [6, 6.07) is 6.37. The normalized spacial score (nSPS) is 11.5. The molecule has 1 aromatic carbocycles. The van der Waals surface area contributed by atoms with Gasteiger partial charge in [-0.1, -0.05) is 26.0 Å². The Morgan fingerprint density at radius 2 is 1.71 bits per heavy atom. The zero-order valence-electron chi connectivity index (χ0n) is 13.4. The zero-order chi connectivity index (χ0) is 17.7. The molecule has 0 aliphatic rings. The minimum absolute atomic E-state index is 0.0923. The van der Waals surface area contributed by atoms with Gasteiger partial charge >= 0.3 is 0 Å². The number of benzene rings is 1. The number of carbonyl (C=O) groups excluding carboxylic acids is 1. The maximum Gasteiger partial charge on any atom is 0.297 e. The van der Waals surface area contributed by atoms with Gasteiger partial charge in [-0.3, -0.25) is 9.52 Å². The Hall–Kier alpha value is -1.99. The molecule has 0 amide bonds. The Bertz CT molecular complexity index is 803. The molecule has 1 aromatic heterocycles. The van der Waals surface area contributed by atoms with Crippen LogP contribution in [0.3, 0.4) is 0 Å². The lowest BCUT2D eigenvalue weighted by Crippen LogP contribution is -2.16. The topological polar surface area (TPSA) is 89.0 Å². The van der Waals surface area contributed by atoms with Crippen LogP contribution in [0.25, 0.3) is 0 Å². The summed E-state index contributed by atoms with van der Waals surface area (Å²) < 4.78 is 27.0. The lowest BCUT2D eigenvalue weighted by Gasteiger charge is -2.08. The first-order valence-corrected chi connectivity index (χ1v) is 9.23. The lowest BCUT2D eigenvalue weighted by molar-refractivity contribution is -0.111. The molecular formula is C16H18ClN3O3S. The smallest absolute Gasteiger partial charge is 0.281 e. The van der Waals surface area contributed by atoms with Gasteiger partial charge in [0, 0.05) is 24.5 Å². The fraction of sp³-hybridized carbons (Fsp3) is 0.312. The Kier molecular flexibility index (Phi) is 5.90. The molecule has 0 unspecified atom stereocenters. The molecule has 0 fully saturated rings. The van der Waals surface area contributed by atoms with Gasteiger partial charge in [-0.15, -0.1) is 0 Å². The van der Waals surface area contributed by atoms with Crippen LogP contribution in [0.1, 0.15) is 25.0 Å². The van der Waals surface area contributed by atoms with Crippen molar-refractivity contribution in [2.45, 2.75) is 31.8 Å². The van der Waals surface area contributed by atoms with Gasteiger partial charge in [0.2, 0.25) is 5.24 Å². The fourth-order valence-electron chi connectivity index (χ4n) is 2.11. The predicted octanol–water partition coefficient (Wildman–Crippen LogP) is 2.78. The standard InChI is InChI=1S/C16H18ClN3O3S/c1-11(2)7-13-9-18-16(19-10-13)24(22,23)20-14-5-3-12(4-6-14)8-15(17)21/h3-6,9-11,20H,7-8H2,1-2H3. The van der Waals surface area contributed by atoms with E-state index in [2.05, 4.69) is 28.5 Å². The Morgan fingerprint density at radius 1 is 1.12 bits per heavy atom. The number of aromatic nitrogens is 2. The van der Waals surface area contributed by atoms with Crippen molar-refractivity contribution in [2.24, 2.45) is 5.92 Å². The van der Waals surface area contributed by atoms with Gasteiger partial charge in [0.1, 0.15) is 0 Å². The van der Waals surface area contributed by atoms with Gasteiger partial charge in [0.15, 0.2) is 0 Å². The van der Waals surface area contributed by atoms with E-state index >= 15 is 0 Å². The van der Waals surface area contributed by atoms with Crippen molar-refractivity contribution in [1.82, 2.24) is 9.97 Å². The average Bonchev–Trinajstić information content (AvgIpc) is 2.48. The van der Waals surface area contributed by atoms with E-state index in [0.717, 1.165) is 12.0 Å². The van der Waals surface area contributed by atoms with Crippen molar-refractivity contribution in [3.8, 4) is 0 Å². The highest BCUT2D eigenvalue weighted by Gasteiger charge is 2.18. The maximum absolute atomic E-state index is 12.3. The number of halogens is 1. The van der Waals surface area contributed by atoms with Crippen molar-refractivity contribution in [2.75, 3.05) is 4.72 Å². The molecule has 0 saturated heterocycles. The molecule has 0 aliphatic heterocycles. The number of nitrogens with zero attached hydrogens (tertiary/aromatic N) is 2. The molecule has 0 atom stereocenters. The van der Waals surface area contributed by atoms with Crippen molar-refractivity contribution in [1.29, 1.82) is 0 Å². The highest BCUT2D eigenvalue weighted by molar-refractivity contribution is 7.92. The van der Waals surface area contributed by atoms with Crippen molar-refractivity contribution >= 4 is 32.6 Å². The van der Waals surface area contributed by atoms with E-state index in [1.807, 2.05) is 0 Å². The molecule has 24 heavy (non-hydrogen) atoms. The first kappa shape index (κ1) is 18.4. The molecular weight excluding hydrogens is 350 g/mol. The first-order chi connectivity index (χ1) is 11.3. The summed E-state index contributed by atoms with van der Waals surface area (Å²) in [5.41, 5.74) is 1.95. The average molecular weight is 368 g/mol. The third kappa shape index (κ3) is 5.28. The number of rotatable bonds is 7. The second-order valence-corrected chi connectivity index (χ2v) is 7.80. The van der Waals surface area contributed by atoms with Gasteiger partial charge in [-0.05, 0) is 47.2 Å². The van der Waals surface area contributed by atoms with E-state index in [0.29, 0.717) is 17.2 Å². The number of hydrogen-bond donors (Lipinski definition) is 1. The van der Waals surface area contributed by atoms with Crippen LogP contribution in [-0.2, 0) is 27.7 Å². The van der Waals surface area contributed by atoms with Crippen LogP contribution < -0.4 is 4.72 Å². The molecule has 6 nitrogen and oxygen atoms in total. The number of nitrogens with one attached hydrogen (secondary N) is 1. The number of sulfonamides is 1. The van der Waals surface area contributed by atoms with Gasteiger partial charge in [0.05, 0.1) is 0 Å². The number of carbonyl (C=O) groups is 1. The Labute approximate surface area is 146 Å². The summed E-state index contributed by atoms with van der Waals surface area (Å²) in [5.74, 6) is 0.438. The summed E-state index contributed by atoms with van der Waals surface area (Å²) in [6.45, 7) is 4.13. The van der Waals surface area contributed by atoms with Crippen molar-refractivity contribution in [3.63, 3.8) is 0 Å². The van der Waals surface area contributed by atoms with E-state index in [1.165, 1.54) is 12.4 Å². The van der Waals surface area contributed by atoms with Crippen LogP contribution in [0.5, 0.6) is 0 Å². The summed E-state index contributed by atoms with van der Waals surface area (Å²) in [4.78, 5) is 18.7. The summed E-state index contributed by atoms with van der Waals surface area (Å²) in [5, 5.41) is -0.756. The zero-order valence-corrected chi connectivity index (χ0v) is 14.9. The monoisotopic (exact) mass is 367 g/mol. The second kappa shape index (κ2) is 7.72. The largest absolute Gasteiger partial charge is 0.297 e. The first-order valence-electron chi connectivity index (χ1n) is 7.37. The molecule has 128 valence electrons. The third-order valence-corrected chi connectivity index (χ3v) is 4.44. The summed E-state index contributed by atoms with van der Waals surface area (Å²) in [7, 11) is -3.86. The quantitative estimate of drug-likeness (QED) is 0.600. The molecule has 1 heterocycles. The van der Waals surface area contributed by atoms with Crippen LogP contribution in [0.4, 0.5) is 5.69 Å². The molecule has 0 spiro atoms. The van der Waals surface area contributed by atoms with Crippen LogP contribution in [0.15, 0.2) is 41.8 Å². The van der Waals surface area contributed by atoms with E-state index in [4.69, 9.17) is 11.6 Å². The SMILES string of the molecule is CC(C)Cc1cnc(S(=O)(=O)Nc2ccc(CC(=O)Cl)cc2)nc1. The molecule has 2 aromatic rings. The molecule has 0 bridgehead atoms. The third-order valence-electron chi connectivity index (χ3n) is 3.12. The molecule has 0 aliphatic carbocycles. The second-order valence-electron chi connectivity index (χ2n) is 5.81. The van der Waals surface area contributed by atoms with Crippen molar-refractivity contribution in [3.05, 3.63) is 47.8 Å². The Balaban J connectivity index is 2.11. The maximum atomic E-state index is 12.3. The van der Waals surface area contributed by atoms with Gasteiger partial charge in [-0.2, -0.15) is 8.42 Å². The lowest BCUT2D eigenvalue weighted by atomic mass is 10.1. The predicted molar refractivity (Wildman–Crippen MR) is 92.4 cm³/mol. The summed E-state index contributed by atoms with van der Waals surface area (Å²) in [6.07, 6.45) is 3.93. The van der Waals surface area contributed by atoms with E-state index in [9.17, 15) is 13.2 Å². The van der Waals surface area contributed by atoms with Gasteiger partial charge in [-0.25, -0.2) is 9.97 Å². The number of hydrogen-bond acceptors (Lipinski definition) is 5. The van der Waals surface area contributed by atoms with E-state index < -0.39 is 15.3 Å². The van der Waals surface area contributed by atoms with Crippen molar-refractivity contribution < 1.29 is 13.2 Å². The van der Waals surface area contributed by atoms with Gasteiger partial charge in [0.25, 0.3) is 15.2 Å². The van der Waals surface area contributed by atoms with E-state index in [-0.39, 0.29) is 11.6 Å². The molecule has 0 saturated carbocycles. The number of anilines is 1. The van der Waals surface area contributed by atoms with E-state index in [1.54, 1.807) is 24.3 Å².